The summed E-state index contributed by atoms with van der Waals surface area (Å²) in [5.41, 5.74) is 1.20. The summed E-state index contributed by atoms with van der Waals surface area (Å²) in [5, 5.41) is 0. The molecule has 5 heteroatoms. The van der Waals surface area contributed by atoms with Crippen molar-refractivity contribution in [3.63, 3.8) is 0 Å². The van der Waals surface area contributed by atoms with Crippen LogP contribution in [-0.2, 0) is 0 Å². The molecule has 0 radical (unpaired) electrons. The highest BCUT2D eigenvalue weighted by molar-refractivity contribution is 7.99. The lowest BCUT2D eigenvalue weighted by Gasteiger charge is -2.17. The third-order valence-electron chi connectivity index (χ3n) is 1.72. The van der Waals surface area contributed by atoms with Crippen molar-refractivity contribution >= 4 is 47.0 Å². The van der Waals surface area contributed by atoms with Crippen LogP contribution >= 0.6 is 36.8 Å². The van der Waals surface area contributed by atoms with E-state index in [1.54, 1.807) is 23.3 Å². The van der Waals surface area contributed by atoms with Gasteiger partial charge in [0, 0.05) is 5.54 Å². The largest absolute Gasteiger partial charge is 0.253 e. The number of nitrogens with zero attached hydrogens (tertiary/aromatic N) is 1. The fourth-order valence-corrected chi connectivity index (χ4v) is 2.89. The van der Waals surface area contributed by atoms with E-state index in [1.165, 1.54) is 4.70 Å². The summed E-state index contributed by atoms with van der Waals surface area (Å²) in [5.74, 6) is 0. The van der Waals surface area contributed by atoms with E-state index in [2.05, 4.69) is 36.5 Å². The first-order valence-corrected chi connectivity index (χ1v) is 6.47. The maximum atomic E-state index is 4.53. The van der Waals surface area contributed by atoms with Crippen molar-refractivity contribution < 1.29 is 0 Å². The molecule has 2 rings (SSSR count). The summed E-state index contributed by atoms with van der Waals surface area (Å²) in [7, 11) is 0. The number of hydrogen-bond acceptors (Lipinski definition) is 4. The summed E-state index contributed by atoms with van der Waals surface area (Å²) >= 11 is 3.34. The number of thiazole rings is 1. The zero-order valence-corrected chi connectivity index (χ0v) is 12.2. The standard InChI is InChI=1S/C11H14N2S2.H2S/c1-11(2,3)13-15-10-12-8-6-4-5-7-9(8)14-10;/h4-7,13H,1-3H3;1H2. The molecule has 0 unspecified atom stereocenters. The predicted molar refractivity (Wildman–Crippen MR) is 78.7 cm³/mol. The third kappa shape index (κ3) is 3.66. The molecule has 88 valence electrons. The van der Waals surface area contributed by atoms with Crippen molar-refractivity contribution in [3.8, 4) is 0 Å². The van der Waals surface area contributed by atoms with Gasteiger partial charge in [-0.15, -0.1) is 11.3 Å². The van der Waals surface area contributed by atoms with E-state index in [1.807, 2.05) is 18.2 Å². The van der Waals surface area contributed by atoms with Crippen molar-refractivity contribution in [2.24, 2.45) is 0 Å². The number of para-hydroxylation sites is 1. The molecule has 2 nitrogen and oxygen atoms in total. The number of nitrogens with one attached hydrogen (secondary N) is 1. The Hall–Kier alpha value is -0.230. The molecule has 0 bridgehead atoms. The first kappa shape index (κ1) is 13.8. The summed E-state index contributed by atoms with van der Waals surface area (Å²) in [4.78, 5) is 4.53. The minimum Gasteiger partial charge on any atom is -0.253 e. The molecule has 0 aliphatic rings. The lowest BCUT2D eigenvalue weighted by molar-refractivity contribution is 0.535. The van der Waals surface area contributed by atoms with E-state index < -0.39 is 0 Å². The molecule has 0 aliphatic carbocycles. The van der Waals surface area contributed by atoms with Crippen molar-refractivity contribution in [3.05, 3.63) is 24.3 Å². The quantitative estimate of drug-likeness (QED) is 0.842. The number of benzene rings is 1. The molecule has 0 atom stereocenters. The van der Waals surface area contributed by atoms with E-state index in [0.717, 1.165) is 9.86 Å². The molecule has 0 fully saturated rings. The van der Waals surface area contributed by atoms with Crippen LogP contribution in [0.4, 0.5) is 0 Å². The van der Waals surface area contributed by atoms with Crippen LogP contribution in [0.25, 0.3) is 10.2 Å². The Labute approximate surface area is 111 Å². The van der Waals surface area contributed by atoms with Gasteiger partial charge in [-0.2, -0.15) is 13.5 Å². The number of aromatic nitrogens is 1. The smallest absolute Gasteiger partial charge is 0.166 e. The second-order valence-corrected chi connectivity index (χ2v) is 6.49. The van der Waals surface area contributed by atoms with Crippen LogP contribution in [0.5, 0.6) is 0 Å². The summed E-state index contributed by atoms with van der Waals surface area (Å²) < 4.78 is 5.68. The summed E-state index contributed by atoms with van der Waals surface area (Å²) in [6.07, 6.45) is 0. The van der Waals surface area contributed by atoms with Crippen LogP contribution in [0, 0.1) is 0 Å². The number of fused-ring (bicyclic) bond motifs is 1. The van der Waals surface area contributed by atoms with Crippen LogP contribution in [0.1, 0.15) is 20.8 Å². The first-order chi connectivity index (χ1) is 7.04. The van der Waals surface area contributed by atoms with Crippen LogP contribution in [0.2, 0.25) is 0 Å². The molecular formula is C11H16N2S3. The van der Waals surface area contributed by atoms with E-state index in [9.17, 15) is 0 Å². The van der Waals surface area contributed by atoms with Gasteiger partial charge < -0.3 is 0 Å². The minimum atomic E-state index is 0. The SMILES string of the molecule is CC(C)(C)NSc1nc2ccccc2s1.S. The lowest BCUT2D eigenvalue weighted by Crippen LogP contribution is -2.29. The monoisotopic (exact) mass is 272 g/mol. The molecule has 0 amide bonds. The summed E-state index contributed by atoms with van der Waals surface area (Å²) in [6.45, 7) is 6.44. The normalized spacial score (nSPS) is 11.4. The van der Waals surface area contributed by atoms with Crippen molar-refractivity contribution in [2.75, 3.05) is 0 Å². The molecular weight excluding hydrogens is 256 g/mol. The van der Waals surface area contributed by atoms with Crippen LogP contribution in [-0.4, -0.2) is 10.5 Å². The molecule has 0 saturated carbocycles. The van der Waals surface area contributed by atoms with Crippen molar-refractivity contribution in [1.29, 1.82) is 0 Å². The maximum absolute atomic E-state index is 4.53. The van der Waals surface area contributed by atoms with E-state index in [4.69, 9.17) is 0 Å². The van der Waals surface area contributed by atoms with Gasteiger partial charge in [-0.3, -0.25) is 4.72 Å². The highest BCUT2D eigenvalue weighted by atomic mass is 32.2. The van der Waals surface area contributed by atoms with E-state index >= 15 is 0 Å². The second-order valence-electron chi connectivity index (χ2n) is 4.40. The second kappa shape index (κ2) is 5.40. The maximum Gasteiger partial charge on any atom is 0.166 e. The molecule has 1 aromatic carbocycles. The Bertz CT molecular complexity index is 426. The Morgan fingerprint density at radius 2 is 1.94 bits per heavy atom. The van der Waals surface area contributed by atoms with Crippen LogP contribution in [0.3, 0.4) is 0 Å². The molecule has 0 spiro atoms. The van der Waals surface area contributed by atoms with Crippen LogP contribution < -0.4 is 4.72 Å². The van der Waals surface area contributed by atoms with Gasteiger partial charge in [0.1, 0.15) is 0 Å². The van der Waals surface area contributed by atoms with Crippen LogP contribution in [0.15, 0.2) is 28.6 Å². The van der Waals surface area contributed by atoms with Gasteiger partial charge in [-0.25, -0.2) is 4.98 Å². The fraction of sp³-hybridized carbons (Fsp3) is 0.364. The van der Waals surface area contributed by atoms with E-state index in [0.29, 0.717) is 0 Å². The van der Waals surface area contributed by atoms with Gasteiger partial charge >= 0.3 is 0 Å². The molecule has 2 aromatic rings. The summed E-state index contributed by atoms with van der Waals surface area (Å²) in [6, 6.07) is 8.22. The Kier molecular flexibility index (Phi) is 4.67. The Morgan fingerprint density at radius 1 is 1.25 bits per heavy atom. The van der Waals surface area contributed by atoms with Gasteiger partial charge in [-0.1, -0.05) is 12.1 Å². The average Bonchev–Trinajstić information content (AvgIpc) is 2.56. The minimum absolute atomic E-state index is 0. The van der Waals surface area contributed by atoms with Gasteiger partial charge in [0.2, 0.25) is 0 Å². The molecule has 1 aromatic heterocycles. The Morgan fingerprint density at radius 3 is 2.56 bits per heavy atom. The van der Waals surface area contributed by atoms with Gasteiger partial charge in [0.05, 0.1) is 10.2 Å². The van der Waals surface area contributed by atoms with Gasteiger partial charge in [0.15, 0.2) is 4.34 Å². The number of rotatable bonds is 2. The predicted octanol–water partition coefficient (Wildman–Crippen LogP) is 3.80. The average molecular weight is 272 g/mol. The molecule has 0 saturated heterocycles. The highest BCUT2D eigenvalue weighted by Crippen LogP contribution is 2.28. The number of hydrogen-bond donors (Lipinski definition) is 1. The molecule has 16 heavy (non-hydrogen) atoms. The zero-order chi connectivity index (χ0) is 10.9. The lowest BCUT2D eigenvalue weighted by atomic mass is 10.1. The van der Waals surface area contributed by atoms with Gasteiger partial charge in [0.25, 0.3) is 0 Å². The first-order valence-electron chi connectivity index (χ1n) is 4.84. The third-order valence-corrected chi connectivity index (χ3v) is 4.03. The topological polar surface area (TPSA) is 24.9 Å². The van der Waals surface area contributed by atoms with E-state index in [-0.39, 0.29) is 19.0 Å². The molecule has 0 aliphatic heterocycles. The Balaban J connectivity index is 0.00000128. The van der Waals surface area contributed by atoms with Crippen molar-refractivity contribution in [2.45, 2.75) is 30.6 Å². The fourth-order valence-electron chi connectivity index (χ4n) is 1.09. The van der Waals surface area contributed by atoms with Crippen molar-refractivity contribution in [1.82, 2.24) is 9.71 Å². The molecule has 1 heterocycles. The molecule has 1 N–H and O–H groups in total. The van der Waals surface area contributed by atoms with Gasteiger partial charge in [-0.05, 0) is 44.9 Å². The highest BCUT2D eigenvalue weighted by Gasteiger charge is 2.11. The zero-order valence-electron chi connectivity index (χ0n) is 9.57.